The largest absolute Gasteiger partial charge is 0.394 e. The molecule has 0 amide bonds. The van der Waals surface area contributed by atoms with Gasteiger partial charge in [-0.1, -0.05) is 0 Å². The fraction of sp³-hybridized carbons (Fsp3) is 0.727. The van der Waals surface area contributed by atoms with Crippen molar-refractivity contribution in [3.63, 3.8) is 0 Å². The van der Waals surface area contributed by atoms with Gasteiger partial charge in [0.15, 0.2) is 0 Å². The molecular weight excluding hydrogens is 224 g/mol. The second kappa shape index (κ2) is 5.72. The Morgan fingerprint density at radius 3 is 2.81 bits per heavy atom. The van der Waals surface area contributed by atoms with Gasteiger partial charge >= 0.3 is 0 Å². The van der Waals surface area contributed by atoms with Crippen molar-refractivity contribution < 1.29 is 10.2 Å². The van der Waals surface area contributed by atoms with Gasteiger partial charge in [0.25, 0.3) is 0 Å². The van der Waals surface area contributed by atoms with Gasteiger partial charge in [-0.3, -0.25) is 4.90 Å². The molecule has 16 heavy (non-hydrogen) atoms. The minimum absolute atomic E-state index is 0.114. The van der Waals surface area contributed by atoms with E-state index < -0.39 is 6.10 Å². The zero-order valence-electron chi connectivity index (χ0n) is 9.25. The first-order valence-electron chi connectivity index (χ1n) is 5.68. The molecule has 2 heterocycles. The summed E-state index contributed by atoms with van der Waals surface area (Å²) in [6.45, 7) is 2.76. The maximum atomic E-state index is 9.55. The summed E-state index contributed by atoms with van der Waals surface area (Å²) in [6, 6.07) is 0. The molecule has 1 aliphatic heterocycles. The average Bonchev–Trinajstić information content (AvgIpc) is 2.82. The molecule has 0 spiro atoms. The second-order valence-electron chi connectivity index (χ2n) is 4.34. The topological polar surface area (TPSA) is 56.6 Å². The number of hydrogen-bond acceptors (Lipinski definition) is 5. The van der Waals surface area contributed by atoms with E-state index >= 15 is 0 Å². The fourth-order valence-electron chi connectivity index (χ4n) is 2.19. The Balaban J connectivity index is 1.77. The molecule has 1 aromatic heterocycles. The highest BCUT2D eigenvalue weighted by Gasteiger charge is 2.24. The van der Waals surface area contributed by atoms with Crippen molar-refractivity contribution >= 4 is 11.3 Å². The molecule has 0 aliphatic carbocycles. The Hall–Kier alpha value is -0.490. The monoisotopic (exact) mass is 242 g/mol. The minimum atomic E-state index is -0.540. The van der Waals surface area contributed by atoms with E-state index in [0.717, 1.165) is 38.2 Å². The zero-order valence-corrected chi connectivity index (χ0v) is 10.1. The van der Waals surface area contributed by atoms with Crippen molar-refractivity contribution in [2.75, 3.05) is 19.7 Å². The van der Waals surface area contributed by atoms with E-state index in [4.69, 9.17) is 5.11 Å². The molecule has 5 heteroatoms. The molecule has 1 unspecified atom stereocenters. The Morgan fingerprint density at radius 2 is 2.25 bits per heavy atom. The van der Waals surface area contributed by atoms with Crippen molar-refractivity contribution in [3.8, 4) is 0 Å². The summed E-state index contributed by atoms with van der Waals surface area (Å²) in [5.41, 5.74) is 2.99. The molecule has 1 aliphatic rings. The second-order valence-corrected chi connectivity index (χ2v) is 5.06. The number of likely N-dealkylation sites (tertiary alicyclic amines) is 1. The number of nitrogens with zero attached hydrogens (tertiary/aromatic N) is 2. The van der Waals surface area contributed by atoms with Gasteiger partial charge in [0.05, 0.1) is 23.9 Å². The number of hydrogen-bond donors (Lipinski definition) is 2. The third-order valence-corrected chi connectivity index (χ3v) is 3.87. The van der Waals surface area contributed by atoms with E-state index in [1.165, 1.54) is 0 Å². The Morgan fingerprint density at radius 1 is 1.50 bits per heavy atom. The molecule has 0 bridgehead atoms. The summed E-state index contributed by atoms with van der Waals surface area (Å²) in [4.78, 5) is 6.62. The number of aliphatic hydroxyl groups excluding tert-OH is 2. The number of rotatable bonds is 4. The molecule has 2 rings (SSSR count). The lowest BCUT2D eigenvalue weighted by Gasteiger charge is -2.33. The van der Waals surface area contributed by atoms with Crippen LogP contribution in [0.15, 0.2) is 10.9 Å². The molecule has 0 saturated carbocycles. The minimum Gasteiger partial charge on any atom is -0.394 e. The predicted octanol–water partition coefficient (Wildman–Crippen LogP) is 0.708. The number of aromatic nitrogens is 1. The van der Waals surface area contributed by atoms with Crippen LogP contribution in [0.1, 0.15) is 18.5 Å². The third kappa shape index (κ3) is 3.01. The predicted molar refractivity (Wildman–Crippen MR) is 63.2 cm³/mol. The lowest BCUT2D eigenvalue weighted by atomic mass is 9.91. The van der Waals surface area contributed by atoms with Crippen LogP contribution in [0.2, 0.25) is 0 Å². The summed E-state index contributed by atoms with van der Waals surface area (Å²) in [5.74, 6) is 0.261. The highest BCUT2D eigenvalue weighted by atomic mass is 32.1. The molecule has 4 nitrogen and oxygen atoms in total. The van der Waals surface area contributed by atoms with Gasteiger partial charge < -0.3 is 10.2 Å². The molecule has 0 radical (unpaired) electrons. The van der Waals surface area contributed by atoms with E-state index in [-0.39, 0.29) is 12.5 Å². The Kier molecular flexibility index (Phi) is 4.29. The summed E-state index contributed by atoms with van der Waals surface area (Å²) >= 11 is 1.63. The van der Waals surface area contributed by atoms with Gasteiger partial charge in [0, 0.05) is 11.9 Å². The van der Waals surface area contributed by atoms with E-state index in [2.05, 4.69) is 15.3 Å². The summed E-state index contributed by atoms with van der Waals surface area (Å²) in [5, 5.41) is 20.5. The molecular formula is C11H18N2O2S. The molecule has 1 fully saturated rings. The van der Waals surface area contributed by atoms with Crippen LogP contribution in [-0.4, -0.2) is 45.9 Å². The summed E-state index contributed by atoms with van der Waals surface area (Å²) < 4.78 is 0. The Labute approximate surface area is 99.6 Å². The smallest absolute Gasteiger partial charge is 0.0799 e. The van der Waals surface area contributed by atoms with Crippen LogP contribution in [0.5, 0.6) is 0 Å². The fourth-order valence-corrected chi connectivity index (χ4v) is 2.74. The van der Waals surface area contributed by atoms with Crippen LogP contribution >= 0.6 is 11.3 Å². The van der Waals surface area contributed by atoms with Crippen molar-refractivity contribution in [3.05, 3.63) is 16.6 Å². The van der Waals surface area contributed by atoms with Gasteiger partial charge in [-0.25, -0.2) is 4.98 Å². The SMILES string of the molecule is OCC(O)C1CCN(Cc2cscn2)CC1. The van der Waals surface area contributed by atoms with Crippen molar-refractivity contribution in [2.24, 2.45) is 5.92 Å². The van der Waals surface area contributed by atoms with Crippen LogP contribution in [0.4, 0.5) is 0 Å². The van der Waals surface area contributed by atoms with Gasteiger partial charge in [0.1, 0.15) is 0 Å². The van der Waals surface area contributed by atoms with Crippen LogP contribution < -0.4 is 0 Å². The van der Waals surface area contributed by atoms with Gasteiger partial charge in [-0.05, 0) is 31.8 Å². The number of thiazole rings is 1. The molecule has 1 saturated heterocycles. The van der Waals surface area contributed by atoms with E-state index in [1.54, 1.807) is 11.3 Å². The third-order valence-electron chi connectivity index (χ3n) is 3.23. The first-order chi connectivity index (χ1) is 7.79. The molecule has 1 aromatic rings. The molecule has 1 atom stereocenters. The van der Waals surface area contributed by atoms with Crippen LogP contribution in [0, 0.1) is 5.92 Å². The van der Waals surface area contributed by atoms with Crippen molar-refractivity contribution in [2.45, 2.75) is 25.5 Å². The van der Waals surface area contributed by atoms with Crippen molar-refractivity contribution in [1.29, 1.82) is 0 Å². The van der Waals surface area contributed by atoms with Gasteiger partial charge in [-0.2, -0.15) is 0 Å². The summed E-state index contributed by atoms with van der Waals surface area (Å²) in [7, 11) is 0. The number of aliphatic hydroxyl groups is 2. The molecule has 2 N–H and O–H groups in total. The molecule has 90 valence electrons. The number of piperidine rings is 1. The average molecular weight is 242 g/mol. The van der Waals surface area contributed by atoms with E-state index in [9.17, 15) is 5.11 Å². The maximum Gasteiger partial charge on any atom is 0.0799 e. The Bertz CT molecular complexity index is 297. The van der Waals surface area contributed by atoms with E-state index in [1.807, 2.05) is 5.51 Å². The van der Waals surface area contributed by atoms with Crippen LogP contribution in [0.25, 0.3) is 0 Å². The quantitative estimate of drug-likeness (QED) is 0.816. The summed E-state index contributed by atoms with van der Waals surface area (Å²) in [6.07, 6.45) is 1.39. The highest BCUT2D eigenvalue weighted by molar-refractivity contribution is 7.07. The van der Waals surface area contributed by atoms with Crippen LogP contribution in [0.3, 0.4) is 0 Å². The first-order valence-corrected chi connectivity index (χ1v) is 6.62. The van der Waals surface area contributed by atoms with Gasteiger partial charge in [0.2, 0.25) is 0 Å². The van der Waals surface area contributed by atoms with Crippen molar-refractivity contribution in [1.82, 2.24) is 9.88 Å². The van der Waals surface area contributed by atoms with Gasteiger partial charge in [-0.15, -0.1) is 11.3 Å². The lowest BCUT2D eigenvalue weighted by molar-refractivity contribution is 0.0170. The van der Waals surface area contributed by atoms with E-state index in [0.29, 0.717) is 0 Å². The van der Waals surface area contributed by atoms with Crippen LogP contribution in [-0.2, 0) is 6.54 Å². The molecule has 0 aromatic carbocycles. The lowest BCUT2D eigenvalue weighted by Crippen LogP contribution is -2.38. The highest BCUT2D eigenvalue weighted by Crippen LogP contribution is 2.21. The normalized spacial score (nSPS) is 21.1. The zero-order chi connectivity index (χ0) is 11.4. The first kappa shape index (κ1) is 12.0. The standard InChI is InChI=1S/C11H18N2O2S/c14-6-11(15)9-1-3-13(4-2-9)5-10-7-16-8-12-10/h7-9,11,14-15H,1-6H2. The maximum absolute atomic E-state index is 9.55.